The van der Waals surface area contributed by atoms with Crippen molar-refractivity contribution in [2.75, 3.05) is 12.3 Å². The summed E-state index contributed by atoms with van der Waals surface area (Å²) in [4.78, 5) is 5.53. The van der Waals surface area contributed by atoms with E-state index in [0.29, 0.717) is 6.04 Å². The molecule has 0 aliphatic carbocycles. The molecule has 0 aliphatic heterocycles. The van der Waals surface area contributed by atoms with E-state index in [1.54, 1.807) is 0 Å². The highest BCUT2D eigenvalue weighted by Crippen LogP contribution is 2.24. The molecule has 2 rings (SSSR count). The minimum atomic E-state index is 0.360. The number of hydrogen-bond acceptors (Lipinski definition) is 3. The van der Waals surface area contributed by atoms with E-state index < -0.39 is 0 Å². The van der Waals surface area contributed by atoms with Crippen LogP contribution in [0.3, 0.4) is 0 Å². The zero-order valence-corrected chi connectivity index (χ0v) is 12.1. The van der Waals surface area contributed by atoms with Gasteiger partial charge in [-0.05, 0) is 36.7 Å². The van der Waals surface area contributed by atoms with Gasteiger partial charge < -0.3 is 5.32 Å². The van der Waals surface area contributed by atoms with Crippen LogP contribution in [0.1, 0.15) is 24.9 Å². The Morgan fingerprint density at radius 2 is 2.00 bits per heavy atom. The minimum Gasteiger partial charge on any atom is -0.309 e. The van der Waals surface area contributed by atoms with Gasteiger partial charge in [0, 0.05) is 29.1 Å². The summed E-state index contributed by atoms with van der Waals surface area (Å²) in [7, 11) is 0. The lowest BCUT2D eigenvalue weighted by Crippen LogP contribution is -2.24. The molecule has 0 fully saturated rings. The van der Waals surface area contributed by atoms with Crippen molar-refractivity contribution < 1.29 is 0 Å². The average molecular weight is 272 g/mol. The van der Waals surface area contributed by atoms with Crippen LogP contribution in [0.15, 0.2) is 59.8 Å². The number of nitrogens with zero attached hydrogens (tertiary/aromatic N) is 1. The number of pyridine rings is 1. The molecule has 2 nitrogen and oxygen atoms in total. The van der Waals surface area contributed by atoms with Gasteiger partial charge >= 0.3 is 0 Å². The van der Waals surface area contributed by atoms with E-state index in [4.69, 9.17) is 0 Å². The number of aromatic nitrogens is 1. The van der Waals surface area contributed by atoms with Gasteiger partial charge in [-0.15, -0.1) is 11.8 Å². The highest BCUT2D eigenvalue weighted by Gasteiger charge is 2.10. The Hall–Kier alpha value is -1.32. The second kappa shape index (κ2) is 7.97. The van der Waals surface area contributed by atoms with E-state index in [1.165, 1.54) is 10.5 Å². The predicted octanol–water partition coefficient (Wildman–Crippen LogP) is 3.91. The van der Waals surface area contributed by atoms with Crippen molar-refractivity contribution in [3.8, 4) is 0 Å². The highest BCUT2D eigenvalue weighted by atomic mass is 32.2. The average Bonchev–Trinajstić information content (AvgIpc) is 2.49. The molecule has 1 aromatic carbocycles. The molecule has 0 spiro atoms. The van der Waals surface area contributed by atoms with Gasteiger partial charge in [0.05, 0.1) is 0 Å². The second-order valence-electron chi connectivity index (χ2n) is 4.42. The van der Waals surface area contributed by atoms with Crippen molar-refractivity contribution in [1.82, 2.24) is 10.3 Å². The Morgan fingerprint density at radius 1 is 1.16 bits per heavy atom. The number of rotatable bonds is 7. The van der Waals surface area contributed by atoms with Crippen molar-refractivity contribution in [1.29, 1.82) is 0 Å². The standard InChI is InChI=1S/C16H20N2S/c1-2-10-18-16(14-7-6-11-17-12-14)13-19-15-8-4-3-5-9-15/h3-9,11-12,16,18H,2,10,13H2,1H3. The zero-order chi connectivity index (χ0) is 13.3. The van der Waals surface area contributed by atoms with Crippen LogP contribution >= 0.6 is 11.8 Å². The lowest BCUT2D eigenvalue weighted by molar-refractivity contribution is 0.576. The van der Waals surface area contributed by atoms with E-state index in [-0.39, 0.29) is 0 Å². The lowest BCUT2D eigenvalue weighted by atomic mass is 10.1. The van der Waals surface area contributed by atoms with Gasteiger partial charge in [0.25, 0.3) is 0 Å². The SMILES string of the molecule is CCCNC(CSc1ccccc1)c1cccnc1. The van der Waals surface area contributed by atoms with E-state index in [0.717, 1.165) is 18.7 Å². The Labute approximate surface area is 119 Å². The normalized spacial score (nSPS) is 12.3. The van der Waals surface area contributed by atoms with Crippen molar-refractivity contribution in [2.45, 2.75) is 24.3 Å². The monoisotopic (exact) mass is 272 g/mol. The van der Waals surface area contributed by atoms with Crippen LogP contribution in [0, 0.1) is 0 Å². The van der Waals surface area contributed by atoms with Crippen molar-refractivity contribution in [3.05, 3.63) is 60.4 Å². The summed E-state index contributed by atoms with van der Waals surface area (Å²) in [6, 6.07) is 15.0. The molecule has 0 bridgehead atoms. The molecule has 3 heteroatoms. The molecule has 0 aliphatic rings. The summed E-state index contributed by atoms with van der Waals surface area (Å²) in [5, 5.41) is 3.60. The van der Waals surface area contributed by atoms with Crippen LogP contribution in [0.2, 0.25) is 0 Å². The van der Waals surface area contributed by atoms with Crippen LogP contribution in [0.4, 0.5) is 0 Å². The molecule has 2 aromatic rings. The van der Waals surface area contributed by atoms with E-state index in [2.05, 4.69) is 53.6 Å². The summed E-state index contributed by atoms with van der Waals surface area (Å²) in [6.45, 7) is 3.23. The number of benzene rings is 1. The first kappa shape index (κ1) is 14.1. The van der Waals surface area contributed by atoms with Crippen molar-refractivity contribution in [2.24, 2.45) is 0 Å². The number of nitrogens with one attached hydrogen (secondary N) is 1. The van der Waals surface area contributed by atoms with Crippen LogP contribution in [0.5, 0.6) is 0 Å². The molecule has 1 N–H and O–H groups in total. The third-order valence-corrected chi connectivity index (χ3v) is 3.99. The highest BCUT2D eigenvalue weighted by molar-refractivity contribution is 7.99. The van der Waals surface area contributed by atoms with Crippen LogP contribution < -0.4 is 5.32 Å². The maximum absolute atomic E-state index is 4.22. The Kier molecular flexibility index (Phi) is 5.92. The maximum Gasteiger partial charge on any atom is 0.0430 e. The quantitative estimate of drug-likeness (QED) is 0.773. The third-order valence-electron chi connectivity index (χ3n) is 2.89. The summed E-state index contributed by atoms with van der Waals surface area (Å²) >= 11 is 1.88. The Balaban J connectivity index is 1.98. The maximum atomic E-state index is 4.22. The lowest BCUT2D eigenvalue weighted by Gasteiger charge is -2.18. The fraction of sp³-hybridized carbons (Fsp3) is 0.312. The topological polar surface area (TPSA) is 24.9 Å². The van der Waals surface area contributed by atoms with Gasteiger partial charge in [-0.2, -0.15) is 0 Å². The molecular formula is C16H20N2S. The summed E-state index contributed by atoms with van der Waals surface area (Å²) < 4.78 is 0. The molecule has 1 atom stereocenters. The summed E-state index contributed by atoms with van der Waals surface area (Å²) in [6.07, 6.45) is 4.93. The van der Waals surface area contributed by atoms with Gasteiger partial charge in [0.2, 0.25) is 0 Å². The zero-order valence-electron chi connectivity index (χ0n) is 11.3. The van der Waals surface area contributed by atoms with Gasteiger partial charge in [-0.25, -0.2) is 0 Å². The van der Waals surface area contributed by atoms with E-state index in [9.17, 15) is 0 Å². The smallest absolute Gasteiger partial charge is 0.0430 e. The van der Waals surface area contributed by atoms with Crippen LogP contribution in [-0.4, -0.2) is 17.3 Å². The van der Waals surface area contributed by atoms with Crippen LogP contribution in [0.25, 0.3) is 0 Å². The van der Waals surface area contributed by atoms with Gasteiger partial charge in [-0.3, -0.25) is 4.98 Å². The molecule has 0 saturated carbocycles. The third kappa shape index (κ3) is 4.69. The molecule has 100 valence electrons. The number of thioether (sulfide) groups is 1. The molecule has 0 amide bonds. The van der Waals surface area contributed by atoms with Crippen molar-refractivity contribution in [3.63, 3.8) is 0 Å². The molecule has 1 unspecified atom stereocenters. The summed E-state index contributed by atoms with van der Waals surface area (Å²) in [5.41, 5.74) is 1.26. The van der Waals surface area contributed by atoms with E-state index >= 15 is 0 Å². The molecule has 0 saturated heterocycles. The van der Waals surface area contributed by atoms with E-state index in [1.807, 2.05) is 30.2 Å². The van der Waals surface area contributed by atoms with Crippen LogP contribution in [-0.2, 0) is 0 Å². The number of hydrogen-bond donors (Lipinski definition) is 1. The van der Waals surface area contributed by atoms with Gasteiger partial charge in [-0.1, -0.05) is 31.2 Å². The Bertz CT molecular complexity index is 459. The largest absolute Gasteiger partial charge is 0.309 e. The fourth-order valence-corrected chi connectivity index (χ4v) is 2.89. The Morgan fingerprint density at radius 3 is 2.68 bits per heavy atom. The summed E-state index contributed by atoms with van der Waals surface area (Å²) in [5.74, 6) is 1.02. The minimum absolute atomic E-state index is 0.360. The second-order valence-corrected chi connectivity index (χ2v) is 5.51. The first-order chi connectivity index (χ1) is 9.40. The van der Waals surface area contributed by atoms with Crippen molar-refractivity contribution >= 4 is 11.8 Å². The first-order valence-corrected chi connectivity index (χ1v) is 7.70. The predicted molar refractivity (Wildman–Crippen MR) is 82.4 cm³/mol. The fourth-order valence-electron chi connectivity index (χ4n) is 1.87. The first-order valence-electron chi connectivity index (χ1n) is 6.71. The van der Waals surface area contributed by atoms with Gasteiger partial charge in [0.15, 0.2) is 0 Å². The molecule has 1 heterocycles. The molecule has 19 heavy (non-hydrogen) atoms. The molecular weight excluding hydrogens is 252 g/mol. The molecule has 1 aromatic heterocycles. The molecule has 0 radical (unpaired) electrons. The van der Waals surface area contributed by atoms with Gasteiger partial charge in [0.1, 0.15) is 0 Å².